The second kappa shape index (κ2) is 8.79. The van der Waals surface area contributed by atoms with E-state index < -0.39 is 0 Å². The van der Waals surface area contributed by atoms with E-state index >= 15 is 0 Å². The summed E-state index contributed by atoms with van der Waals surface area (Å²) in [5.74, 6) is 1.88. The molecule has 6 aromatic rings. The number of nitrogens with zero attached hydrogens (tertiary/aromatic N) is 3. The number of hydrogen-bond donors (Lipinski definition) is 0. The quantitative estimate of drug-likeness (QED) is 0.241. The van der Waals surface area contributed by atoms with Crippen molar-refractivity contribution in [1.29, 1.82) is 0 Å². The van der Waals surface area contributed by atoms with E-state index in [1.807, 2.05) is 30.3 Å². The first-order chi connectivity index (χ1) is 18.3. The molecular formula is C34H25N3. The molecule has 7 rings (SSSR count). The SMILES string of the molecule is C[C@@H]1c2c(c3ccccc3c3ccccc23)C=CC1c1ccccc1-c1ncnc(-c2ccccc2)n1. The lowest BCUT2D eigenvalue weighted by Gasteiger charge is -2.31. The third kappa shape index (κ3) is 3.54. The summed E-state index contributed by atoms with van der Waals surface area (Å²) in [7, 11) is 0. The Morgan fingerprint density at radius 2 is 1.22 bits per heavy atom. The third-order valence-electron chi connectivity index (χ3n) is 7.64. The molecule has 0 spiro atoms. The number of allylic oxidation sites excluding steroid dienone is 1. The van der Waals surface area contributed by atoms with E-state index in [-0.39, 0.29) is 11.8 Å². The number of hydrogen-bond acceptors (Lipinski definition) is 3. The van der Waals surface area contributed by atoms with Crippen LogP contribution in [0, 0.1) is 0 Å². The molecule has 1 aliphatic carbocycles. The summed E-state index contributed by atoms with van der Waals surface area (Å²) in [5, 5.41) is 5.28. The maximum atomic E-state index is 4.88. The molecule has 37 heavy (non-hydrogen) atoms. The maximum absolute atomic E-state index is 4.88. The normalized spacial score (nSPS) is 16.7. The lowest BCUT2D eigenvalue weighted by Crippen LogP contribution is -2.13. The second-order valence-electron chi connectivity index (χ2n) is 9.68. The molecule has 0 radical (unpaired) electrons. The predicted octanol–water partition coefficient (Wildman–Crippen LogP) is 8.43. The first kappa shape index (κ1) is 21.6. The lowest BCUT2D eigenvalue weighted by atomic mass is 9.73. The van der Waals surface area contributed by atoms with Gasteiger partial charge < -0.3 is 0 Å². The van der Waals surface area contributed by atoms with Gasteiger partial charge in [-0.1, -0.05) is 122 Å². The van der Waals surface area contributed by atoms with Gasteiger partial charge in [-0.05, 0) is 44.2 Å². The van der Waals surface area contributed by atoms with Crippen molar-refractivity contribution in [3.8, 4) is 22.8 Å². The summed E-state index contributed by atoms with van der Waals surface area (Å²) >= 11 is 0. The van der Waals surface area contributed by atoms with Gasteiger partial charge in [0.25, 0.3) is 0 Å². The van der Waals surface area contributed by atoms with Crippen molar-refractivity contribution in [3.63, 3.8) is 0 Å². The molecule has 5 aromatic carbocycles. The van der Waals surface area contributed by atoms with Crippen LogP contribution >= 0.6 is 0 Å². The van der Waals surface area contributed by atoms with Crippen molar-refractivity contribution < 1.29 is 0 Å². The second-order valence-corrected chi connectivity index (χ2v) is 9.68. The van der Waals surface area contributed by atoms with E-state index in [1.165, 1.54) is 38.2 Å². The van der Waals surface area contributed by atoms with E-state index in [2.05, 4.69) is 102 Å². The molecule has 3 nitrogen and oxygen atoms in total. The third-order valence-corrected chi connectivity index (χ3v) is 7.64. The Morgan fingerprint density at radius 3 is 2.03 bits per heavy atom. The monoisotopic (exact) mass is 475 g/mol. The number of aromatic nitrogens is 3. The summed E-state index contributed by atoms with van der Waals surface area (Å²) in [6, 6.07) is 36.2. The Hall–Kier alpha value is -4.63. The first-order valence-electron chi connectivity index (χ1n) is 12.7. The van der Waals surface area contributed by atoms with E-state index in [0.29, 0.717) is 11.6 Å². The van der Waals surface area contributed by atoms with Gasteiger partial charge in [0, 0.05) is 17.0 Å². The first-order valence-corrected chi connectivity index (χ1v) is 12.7. The van der Waals surface area contributed by atoms with Crippen LogP contribution in [-0.2, 0) is 0 Å². The highest BCUT2D eigenvalue weighted by molar-refractivity contribution is 6.13. The summed E-state index contributed by atoms with van der Waals surface area (Å²) in [4.78, 5) is 13.9. The Labute approximate surface area is 216 Å². The molecule has 0 aliphatic heterocycles. The van der Waals surface area contributed by atoms with Crippen molar-refractivity contribution in [2.45, 2.75) is 18.8 Å². The van der Waals surface area contributed by atoms with Gasteiger partial charge in [-0.3, -0.25) is 0 Å². The Kier molecular flexibility index (Phi) is 5.14. The average Bonchev–Trinajstić information content (AvgIpc) is 2.98. The van der Waals surface area contributed by atoms with Crippen molar-refractivity contribution >= 4 is 27.6 Å². The summed E-state index contributed by atoms with van der Waals surface area (Å²) in [6.07, 6.45) is 6.32. The maximum Gasteiger partial charge on any atom is 0.163 e. The van der Waals surface area contributed by atoms with Crippen LogP contribution in [0.4, 0.5) is 0 Å². The van der Waals surface area contributed by atoms with Crippen molar-refractivity contribution in [2.24, 2.45) is 0 Å². The highest BCUT2D eigenvalue weighted by atomic mass is 15.0. The van der Waals surface area contributed by atoms with Gasteiger partial charge in [0.05, 0.1) is 0 Å². The molecule has 0 fully saturated rings. The van der Waals surface area contributed by atoms with Crippen LogP contribution in [0.3, 0.4) is 0 Å². The van der Waals surface area contributed by atoms with E-state index in [1.54, 1.807) is 6.33 Å². The van der Waals surface area contributed by atoms with Crippen LogP contribution in [-0.4, -0.2) is 15.0 Å². The van der Waals surface area contributed by atoms with Crippen LogP contribution in [0.2, 0.25) is 0 Å². The zero-order chi connectivity index (χ0) is 24.8. The molecule has 176 valence electrons. The molecule has 0 amide bonds. The van der Waals surface area contributed by atoms with Gasteiger partial charge in [0.15, 0.2) is 11.6 Å². The Bertz CT molecular complexity index is 1800. The predicted molar refractivity (Wildman–Crippen MR) is 152 cm³/mol. The molecule has 3 heteroatoms. The fraction of sp³-hybridized carbons (Fsp3) is 0.0882. The standard InChI is InChI=1S/C34H25N3/c1-22-24(19-20-30-28-16-6-5-14-26(28)27-15-7-9-17-29(27)32(22)30)25-13-8-10-18-31(25)34-36-21-35-33(37-34)23-11-3-2-4-12-23/h2-22,24H,1H3/t22-,24?/m0/s1. The molecule has 0 bridgehead atoms. The van der Waals surface area contributed by atoms with Crippen LogP contribution in [0.1, 0.15) is 35.4 Å². The van der Waals surface area contributed by atoms with E-state index in [4.69, 9.17) is 4.98 Å². The summed E-state index contributed by atoms with van der Waals surface area (Å²) < 4.78 is 0. The molecule has 0 saturated heterocycles. The van der Waals surface area contributed by atoms with Crippen LogP contribution < -0.4 is 0 Å². The van der Waals surface area contributed by atoms with Gasteiger partial charge in [-0.2, -0.15) is 0 Å². The van der Waals surface area contributed by atoms with Crippen LogP contribution in [0.5, 0.6) is 0 Å². The van der Waals surface area contributed by atoms with E-state index in [0.717, 1.165) is 11.1 Å². The van der Waals surface area contributed by atoms with Crippen LogP contribution in [0.25, 0.3) is 50.4 Å². The lowest BCUT2D eigenvalue weighted by molar-refractivity contribution is 0.676. The molecule has 1 unspecified atom stereocenters. The molecule has 0 saturated carbocycles. The Morgan fingerprint density at radius 1 is 0.595 bits per heavy atom. The molecule has 1 aliphatic rings. The van der Waals surface area contributed by atoms with Crippen molar-refractivity contribution in [2.75, 3.05) is 0 Å². The fourth-order valence-corrected chi connectivity index (χ4v) is 5.93. The molecular weight excluding hydrogens is 450 g/mol. The smallest absolute Gasteiger partial charge is 0.163 e. The molecule has 2 atom stereocenters. The number of rotatable bonds is 3. The minimum absolute atomic E-state index is 0.199. The average molecular weight is 476 g/mol. The fourth-order valence-electron chi connectivity index (χ4n) is 5.93. The van der Waals surface area contributed by atoms with E-state index in [9.17, 15) is 0 Å². The molecule has 0 N–H and O–H groups in total. The zero-order valence-corrected chi connectivity index (χ0v) is 20.5. The van der Waals surface area contributed by atoms with Gasteiger partial charge in [-0.15, -0.1) is 0 Å². The van der Waals surface area contributed by atoms with Gasteiger partial charge in [0.1, 0.15) is 6.33 Å². The zero-order valence-electron chi connectivity index (χ0n) is 20.5. The minimum atomic E-state index is 0.199. The van der Waals surface area contributed by atoms with Crippen molar-refractivity contribution in [1.82, 2.24) is 15.0 Å². The highest BCUT2D eigenvalue weighted by Crippen LogP contribution is 2.47. The number of benzene rings is 5. The summed E-state index contributed by atoms with van der Waals surface area (Å²) in [5.41, 5.74) is 6.03. The topological polar surface area (TPSA) is 38.7 Å². The largest absolute Gasteiger partial charge is 0.217 e. The summed E-state index contributed by atoms with van der Waals surface area (Å²) in [6.45, 7) is 2.35. The van der Waals surface area contributed by atoms with Gasteiger partial charge >= 0.3 is 0 Å². The van der Waals surface area contributed by atoms with Gasteiger partial charge in [-0.25, -0.2) is 15.0 Å². The molecule has 1 heterocycles. The number of fused-ring (bicyclic) bond motifs is 6. The van der Waals surface area contributed by atoms with Crippen molar-refractivity contribution in [3.05, 3.63) is 132 Å². The van der Waals surface area contributed by atoms with Gasteiger partial charge in [0.2, 0.25) is 0 Å². The highest BCUT2D eigenvalue weighted by Gasteiger charge is 2.29. The molecule has 1 aromatic heterocycles. The minimum Gasteiger partial charge on any atom is -0.217 e. The Balaban J connectivity index is 1.39. The van der Waals surface area contributed by atoms with Crippen LogP contribution in [0.15, 0.2) is 116 Å².